The number of ether oxygens (including phenoxy) is 1. The van der Waals surface area contributed by atoms with Gasteiger partial charge in [-0.3, -0.25) is 0 Å². The molecule has 0 saturated carbocycles. The van der Waals surface area contributed by atoms with Crippen LogP contribution in [0.3, 0.4) is 0 Å². The Hall–Kier alpha value is -1.02. The third kappa shape index (κ3) is 2.22. The van der Waals surface area contributed by atoms with Crippen LogP contribution in [-0.2, 0) is 0 Å². The predicted octanol–water partition coefficient (Wildman–Crippen LogP) is 2.45. The Kier molecular flexibility index (Phi) is 3.32. The molecule has 2 nitrogen and oxygen atoms in total. The van der Waals surface area contributed by atoms with Gasteiger partial charge < -0.3 is 9.84 Å². The zero-order chi connectivity index (χ0) is 9.84. The predicted molar refractivity (Wildman–Crippen MR) is 53.0 cm³/mol. The second-order valence-electron chi connectivity index (χ2n) is 3.17. The normalized spacial score (nSPS) is 12.6. The first kappa shape index (κ1) is 10.1. The molecule has 1 rings (SSSR count). The molecule has 72 valence electrons. The molecule has 0 amide bonds. The fraction of sp³-hybridized carbons (Fsp3) is 0.455. The van der Waals surface area contributed by atoms with Gasteiger partial charge in [-0.2, -0.15) is 0 Å². The summed E-state index contributed by atoms with van der Waals surface area (Å²) in [6.07, 6.45) is 0.287. The number of methoxy groups -OCH3 is 1. The van der Waals surface area contributed by atoms with E-state index in [0.717, 1.165) is 16.9 Å². The summed E-state index contributed by atoms with van der Waals surface area (Å²) in [7, 11) is 1.63. The van der Waals surface area contributed by atoms with Crippen molar-refractivity contribution in [2.24, 2.45) is 0 Å². The minimum atomic E-state index is -0.421. The van der Waals surface area contributed by atoms with Crippen molar-refractivity contribution in [3.63, 3.8) is 0 Å². The van der Waals surface area contributed by atoms with E-state index >= 15 is 0 Å². The topological polar surface area (TPSA) is 29.5 Å². The zero-order valence-electron chi connectivity index (χ0n) is 8.37. The van der Waals surface area contributed by atoms with E-state index in [1.54, 1.807) is 7.11 Å². The second-order valence-corrected chi connectivity index (χ2v) is 3.17. The fourth-order valence-corrected chi connectivity index (χ4v) is 1.31. The highest BCUT2D eigenvalue weighted by Gasteiger charge is 2.10. The molecule has 0 saturated heterocycles. The number of rotatable bonds is 3. The molecule has 1 N–H and O–H groups in total. The highest BCUT2D eigenvalue weighted by atomic mass is 16.5. The van der Waals surface area contributed by atoms with Crippen molar-refractivity contribution in [2.75, 3.05) is 7.11 Å². The lowest BCUT2D eigenvalue weighted by molar-refractivity contribution is 0.169. The maximum atomic E-state index is 9.65. The van der Waals surface area contributed by atoms with Crippen LogP contribution in [-0.4, -0.2) is 12.2 Å². The van der Waals surface area contributed by atoms with Crippen LogP contribution in [0.1, 0.15) is 30.6 Å². The van der Waals surface area contributed by atoms with Crippen LogP contribution in [0.5, 0.6) is 5.75 Å². The zero-order valence-corrected chi connectivity index (χ0v) is 8.37. The van der Waals surface area contributed by atoms with E-state index in [0.29, 0.717) is 6.42 Å². The van der Waals surface area contributed by atoms with Gasteiger partial charge in [0.15, 0.2) is 0 Å². The lowest BCUT2D eigenvalue weighted by Crippen LogP contribution is -1.99. The molecule has 1 aromatic rings. The van der Waals surface area contributed by atoms with Crippen LogP contribution in [0.15, 0.2) is 18.2 Å². The van der Waals surface area contributed by atoms with Crippen LogP contribution in [0.2, 0.25) is 0 Å². The van der Waals surface area contributed by atoms with E-state index in [2.05, 4.69) is 0 Å². The van der Waals surface area contributed by atoms with E-state index in [9.17, 15) is 5.11 Å². The Bertz CT molecular complexity index is 281. The molecule has 0 radical (unpaired) electrons. The highest BCUT2D eigenvalue weighted by molar-refractivity contribution is 5.38. The molecule has 0 unspecified atom stereocenters. The summed E-state index contributed by atoms with van der Waals surface area (Å²) in [5.41, 5.74) is 2.01. The molecule has 0 spiro atoms. The Balaban J connectivity index is 3.05. The summed E-state index contributed by atoms with van der Waals surface area (Å²) in [5.74, 6) is 0.773. The first-order chi connectivity index (χ1) is 6.19. The van der Waals surface area contributed by atoms with Crippen LogP contribution < -0.4 is 4.74 Å². The van der Waals surface area contributed by atoms with Crippen LogP contribution in [0.25, 0.3) is 0 Å². The second kappa shape index (κ2) is 4.28. The Morgan fingerprint density at radius 3 is 2.69 bits per heavy atom. The van der Waals surface area contributed by atoms with E-state index in [4.69, 9.17) is 4.74 Å². The average molecular weight is 180 g/mol. The highest BCUT2D eigenvalue weighted by Crippen LogP contribution is 2.27. The molecular weight excluding hydrogens is 164 g/mol. The van der Waals surface area contributed by atoms with Gasteiger partial charge in [-0.05, 0) is 25.0 Å². The summed E-state index contributed by atoms with van der Waals surface area (Å²) in [4.78, 5) is 0. The number of benzene rings is 1. The molecule has 0 aliphatic rings. The summed E-state index contributed by atoms with van der Waals surface area (Å²) < 4.78 is 5.19. The van der Waals surface area contributed by atoms with E-state index in [1.165, 1.54) is 0 Å². The van der Waals surface area contributed by atoms with Gasteiger partial charge >= 0.3 is 0 Å². The number of hydrogen-bond donors (Lipinski definition) is 1. The standard InChI is InChI=1S/C11H16O2/c1-4-10(12)9-6-5-8(2)7-11(9)13-3/h5-7,10,12H,4H2,1-3H3/t10-/m0/s1. The van der Waals surface area contributed by atoms with Crippen molar-refractivity contribution in [2.45, 2.75) is 26.4 Å². The number of aliphatic hydroxyl groups excluding tert-OH is 1. The van der Waals surface area contributed by atoms with Crippen molar-refractivity contribution in [3.8, 4) is 5.75 Å². The van der Waals surface area contributed by atoms with Gasteiger partial charge in [0.25, 0.3) is 0 Å². The lowest BCUT2D eigenvalue weighted by Gasteiger charge is -2.13. The van der Waals surface area contributed by atoms with Gasteiger partial charge in [0.2, 0.25) is 0 Å². The number of hydrogen-bond acceptors (Lipinski definition) is 2. The maximum absolute atomic E-state index is 9.65. The van der Waals surface area contributed by atoms with Gasteiger partial charge in [0, 0.05) is 5.56 Å². The Morgan fingerprint density at radius 1 is 1.46 bits per heavy atom. The number of aryl methyl sites for hydroxylation is 1. The quantitative estimate of drug-likeness (QED) is 0.774. The molecule has 0 bridgehead atoms. The summed E-state index contributed by atoms with van der Waals surface area (Å²) in [6.45, 7) is 3.95. The summed E-state index contributed by atoms with van der Waals surface area (Å²) in [6, 6.07) is 5.84. The van der Waals surface area contributed by atoms with Crippen molar-refractivity contribution in [1.82, 2.24) is 0 Å². The molecule has 0 fully saturated rings. The van der Waals surface area contributed by atoms with Crippen LogP contribution in [0.4, 0.5) is 0 Å². The lowest BCUT2D eigenvalue weighted by atomic mass is 10.0. The molecule has 0 aromatic heterocycles. The molecule has 2 heteroatoms. The molecule has 0 aliphatic heterocycles. The fourth-order valence-electron chi connectivity index (χ4n) is 1.31. The number of aliphatic hydroxyl groups is 1. The average Bonchev–Trinajstić information content (AvgIpc) is 2.16. The third-order valence-electron chi connectivity index (χ3n) is 2.13. The van der Waals surface area contributed by atoms with Crippen LogP contribution in [0, 0.1) is 6.92 Å². The van der Waals surface area contributed by atoms with Crippen molar-refractivity contribution < 1.29 is 9.84 Å². The Morgan fingerprint density at radius 2 is 2.15 bits per heavy atom. The maximum Gasteiger partial charge on any atom is 0.124 e. The van der Waals surface area contributed by atoms with E-state index in [1.807, 2.05) is 32.0 Å². The molecule has 0 heterocycles. The Labute approximate surface area is 79.2 Å². The summed E-state index contributed by atoms with van der Waals surface area (Å²) >= 11 is 0. The molecule has 13 heavy (non-hydrogen) atoms. The first-order valence-electron chi connectivity index (χ1n) is 4.51. The van der Waals surface area contributed by atoms with Gasteiger partial charge in [-0.25, -0.2) is 0 Å². The first-order valence-corrected chi connectivity index (χ1v) is 4.51. The van der Waals surface area contributed by atoms with Crippen molar-refractivity contribution >= 4 is 0 Å². The van der Waals surface area contributed by atoms with Crippen LogP contribution >= 0.6 is 0 Å². The molecule has 1 atom stereocenters. The largest absolute Gasteiger partial charge is 0.496 e. The van der Waals surface area contributed by atoms with Gasteiger partial charge in [0.1, 0.15) is 5.75 Å². The summed E-state index contributed by atoms with van der Waals surface area (Å²) in [5, 5.41) is 9.65. The third-order valence-corrected chi connectivity index (χ3v) is 2.13. The van der Waals surface area contributed by atoms with Gasteiger partial charge in [-0.15, -0.1) is 0 Å². The molecule has 0 aliphatic carbocycles. The van der Waals surface area contributed by atoms with E-state index < -0.39 is 6.10 Å². The SMILES string of the molecule is CC[C@H](O)c1ccc(C)cc1OC. The smallest absolute Gasteiger partial charge is 0.124 e. The van der Waals surface area contributed by atoms with E-state index in [-0.39, 0.29) is 0 Å². The minimum absolute atomic E-state index is 0.421. The van der Waals surface area contributed by atoms with Gasteiger partial charge in [-0.1, -0.05) is 19.1 Å². The van der Waals surface area contributed by atoms with Crippen molar-refractivity contribution in [3.05, 3.63) is 29.3 Å². The minimum Gasteiger partial charge on any atom is -0.496 e. The van der Waals surface area contributed by atoms with Gasteiger partial charge in [0.05, 0.1) is 13.2 Å². The molecule has 1 aromatic carbocycles. The van der Waals surface area contributed by atoms with Crippen molar-refractivity contribution in [1.29, 1.82) is 0 Å². The monoisotopic (exact) mass is 180 g/mol. The molecular formula is C11H16O2.